The summed E-state index contributed by atoms with van der Waals surface area (Å²) in [6.45, 7) is 6.07. The number of rotatable bonds is 6. The van der Waals surface area contributed by atoms with E-state index in [0.717, 1.165) is 37.7 Å². The monoisotopic (exact) mass is 521 g/mol. The fourth-order valence-electron chi connectivity index (χ4n) is 2.76. The molecule has 0 spiro atoms. The molecule has 0 bridgehead atoms. The molecule has 0 radical (unpaired) electrons. The lowest BCUT2D eigenvalue weighted by atomic mass is 10.2. The van der Waals surface area contributed by atoms with Gasteiger partial charge in [0.05, 0.1) is 11.6 Å². The number of benzene rings is 1. The van der Waals surface area contributed by atoms with Gasteiger partial charge in [0, 0.05) is 37.8 Å². The largest absolute Gasteiger partial charge is 0.487 e. The van der Waals surface area contributed by atoms with Crippen LogP contribution in [-0.2, 0) is 0 Å². The van der Waals surface area contributed by atoms with Crippen LogP contribution in [0.4, 0.5) is 5.13 Å². The second kappa shape index (κ2) is 10.9. The number of thiazole rings is 1. The van der Waals surface area contributed by atoms with Gasteiger partial charge in [-0.25, -0.2) is 9.98 Å². The first-order chi connectivity index (χ1) is 12.7. The minimum absolute atomic E-state index is 0. The average molecular weight is 522 g/mol. The Labute approximate surface area is 186 Å². The van der Waals surface area contributed by atoms with E-state index < -0.39 is 0 Å². The van der Waals surface area contributed by atoms with Crippen molar-refractivity contribution in [2.24, 2.45) is 10.7 Å². The van der Waals surface area contributed by atoms with Crippen LogP contribution in [0.25, 0.3) is 0 Å². The highest BCUT2D eigenvalue weighted by molar-refractivity contribution is 14.0. The van der Waals surface area contributed by atoms with Crippen molar-refractivity contribution in [1.29, 1.82) is 0 Å². The van der Waals surface area contributed by atoms with Crippen LogP contribution < -0.4 is 15.4 Å². The van der Waals surface area contributed by atoms with Gasteiger partial charge in [-0.2, -0.15) is 0 Å². The summed E-state index contributed by atoms with van der Waals surface area (Å²) in [7, 11) is 0. The van der Waals surface area contributed by atoms with E-state index in [1.807, 2.05) is 35.8 Å². The third kappa shape index (κ3) is 6.11. The van der Waals surface area contributed by atoms with Gasteiger partial charge in [0.15, 0.2) is 11.1 Å². The van der Waals surface area contributed by atoms with Crippen LogP contribution in [0.2, 0.25) is 5.02 Å². The van der Waals surface area contributed by atoms with Crippen LogP contribution in [-0.4, -0.2) is 54.7 Å². The van der Waals surface area contributed by atoms with Gasteiger partial charge in [-0.1, -0.05) is 30.7 Å². The molecule has 6 nitrogen and oxygen atoms in total. The van der Waals surface area contributed by atoms with Gasteiger partial charge < -0.3 is 20.3 Å². The van der Waals surface area contributed by atoms with Crippen molar-refractivity contribution in [3.63, 3.8) is 0 Å². The summed E-state index contributed by atoms with van der Waals surface area (Å²) in [6, 6.07) is 7.49. The second-order valence-corrected chi connectivity index (χ2v) is 7.35. The molecule has 0 aliphatic carbocycles. The van der Waals surface area contributed by atoms with E-state index in [9.17, 15) is 0 Å². The molecule has 2 aromatic rings. The maximum absolute atomic E-state index is 6.20. The van der Waals surface area contributed by atoms with E-state index in [0.29, 0.717) is 23.3 Å². The molecule has 2 N–H and O–H groups in total. The van der Waals surface area contributed by atoms with E-state index >= 15 is 0 Å². The van der Waals surface area contributed by atoms with Crippen LogP contribution >= 0.6 is 46.9 Å². The predicted octanol–water partition coefficient (Wildman–Crippen LogP) is 3.71. The normalized spacial score (nSPS) is 16.0. The first-order valence-corrected chi connectivity index (χ1v) is 10.0. The smallest absolute Gasteiger partial charge is 0.191 e. The van der Waals surface area contributed by atoms with E-state index in [1.165, 1.54) is 0 Å². The SMILES string of the molecule is CCC(CN=C(N)N1CCN(c2nccs2)CC1)Oc1ccccc1Cl.I. The van der Waals surface area contributed by atoms with Gasteiger partial charge in [-0.05, 0) is 18.6 Å². The first-order valence-electron chi connectivity index (χ1n) is 8.78. The Morgan fingerprint density at radius 1 is 1.33 bits per heavy atom. The highest BCUT2D eigenvalue weighted by atomic mass is 127. The van der Waals surface area contributed by atoms with Crippen LogP contribution in [0.3, 0.4) is 0 Å². The fourth-order valence-corrected chi connectivity index (χ4v) is 3.64. The third-order valence-corrected chi connectivity index (χ3v) is 5.48. The summed E-state index contributed by atoms with van der Waals surface area (Å²) < 4.78 is 5.97. The van der Waals surface area contributed by atoms with Crippen molar-refractivity contribution in [3.8, 4) is 5.75 Å². The molecule has 3 rings (SSSR count). The number of anilines is 1. The van der Waals surface area contributed by atoms with Crippen molar-refractivity contribution in [2.75, 3.05) is 37.6 Å². The lowest BCUT2D eigenvalue weighted by Crippen LogP contribution is -2.51. The number of hydrogen-bond donors (Lipinski definition) is 1. The van der Waals surface area contributed by atoms with Gasteiger partial charge in [0.1, 0.15) is 11.9 Å². The quantitative estimate of drug-likeness (QED) is 0.357. The Kier molecular flexibility index (Phi) is 8.91. The summed E-state index contributed by atoms with van der Waals surface area (Å²) in [6.07, 6.45) is 2.62. The number of nitrogens with zero attached hydrogens (tertiary/aromatic N) is 4. The topological polar surface area (TPSA) is 67.0 Å². The zero-order valence-corrected chi connectivity index (χ0v) is 19.2. The number of ether oxygens (including phenoxy) is 1. The summed E-state index contributed by atoms with van der Waals surface area (Å²) in [5, 5.41) is 3.68. The molecule has 0 saturated carbocycles. The van der Waals surface area contributed by atoms with Crippen molar-refractivity contribution in [2.45, 2.75) is 19.4 Å². The molecule has 2 heterocycles. The first kappa shape index (κ1) is 22.0. The molecule has 1 saturated heterocycles. The summed E-state index contributed by atoms with van der Waals surface area (Å²) >= 11 is 7.83. The Bertz CT molecular complexity index is 722. The molecule has 1 atom stereocenters. The van der Waals surface area contributed by atoms with Crippen LogP contribution in [0, 0.1) is 0 Å². The van der Waals surface area contributed by atoms with Gasteiger partial charge in [0.25, 0.3) is 0 Å². The van der Waals surface area contributed by atoms with Gasteiger partial charge >= 0.3 is 0 Å². The number of nitrogens with two attached hydrogens (primary N) is 1. The maximum atomic E-state index is 6.20. The van der Waals surface area contributed by atoms with Crippen molar-refractivity contribution >= 4 is 58.0 Å². The summed E-state index contributed by atoms with van der Waals surface area (Å²) in [4.78, 5) is 13.3. The van der Waals surface area contributed by atoms with Gasteiger partial charge in [0.2, 0.25) is 0 Å². The van der Waals surface area contributed by atoms with Crippen molar-refractivity contribution in [3.05, 3.63) is 40.9 Å². The second-order valence-electron chi connectivity index (χ2n) is 6.07. The number of piperazine rings is 1. The van der Waals surface area contributed by atoms with E-state index in [4.69, 9.17) is 22.1 Å². The molecule has 1 aliphatic rings. The zero-order valence-electron chi connectivity index (χ0n) is 15.3. The fraction of sp³-hybridized carbons (Fsp3) is 0.444. The molecule has 1 unspecified atom stereocenters. The van der Waals surface area contributed by atoms with Crippen LogP contribution in [0.1, 0.15) is 13.3 Å². The zero-order chi connectivity index (χ0) is 18.4. The predicted molar refractivity (Wildman–Crippen MR) is 124 cm³/mol. The Morgan fingerprint density at radius 2 is 2.07 bits per heavy atom. The summed E-state index contributed by atoms with van der Waals surface area (Å²) in [5.74, 6) is 1.26. The molecule has 27 heavy (non-hydrogen) atoms. The summed E-state index contributed by atoms with van der Waals surface area (Å²) in [5.41, 5.74) is 6.20. The van der Waals surface area contributed by atoms with Crippen molar-refractivity contribution in [1.82, 2.24) is 9.88 Å². The maximum Gasteiger partial charge on any atom is 0.191 e. The highest BCUT2D eigenvalue weighted by Gasteiger charge is 2.20. The molecule has 9 heteroatoms. The Balaban J connectivity index is 0.00000261. The average Bonchev–Trinajstić information content (AvgIpc) is 3.21. The highest BCUT2D eigenvalue weighted by Crippen LogP contribution is 2.25. The number of para-hydroxylation sites is 1. The van der Waals surface area contributed by atoms with Crippen LogP contribution in [0.15, 0.2) is 40.8 Å². The Morgan fingerprint density at radius 3 is 2.70 bits per heavy atom. The standard InChI is InChI=1S/C18H24ClN5OS.HI/c1-2-14(25-16-6-4-3-5-15(16)19)13-22-17(20)23-8-10-24(11-9-23)18-21-7-12-26-18;/h3-7,12,14H,2,8-11,13H2,1H3,(H2,20,22);1H. The minimum Gasteiger partial charge on any atom is -0.487 e. The van der Waals surface area contributed by atoms with Gasteiger partial charge in [-0.3, -0.25) is 0 Å². The van der Waals surface area contributed by atoms with Crippen LogP contribution in [0.5, 0.6) is 5.75 Å². The number of halogens is 2. The number of hydrogen-bond acceptors (Lipinski definition) is 5. The Hall–Kier alpha value is -1.26. The van der Waals surface area contributed by atoms with Gasteiger partial charge in [-0.15, -0.1) is 35.3 Å². The van der Waals surface area contributed by atoms with E-state index in [1.54, 1.807) is 11.3 Å². The third-order valence-electron chi connectivity index (χ3n) is 4.34. The molecule has 1 aromatic heterocycles. The molecule has 148 valence electrons. The lowest BCUT2D eigenvalue weighted by Gasteiger charge is -2.35. The molecule has 1 fully saturated rings. The molecule has 1 aliphatic heterocycles. The lowest BCUT2D eigenvalue weighted by molar-refractivity contribution is 0.205. The number of guanidine groups is 1. The van der Waals surface area contributed by atoms with E-state index in [2.05, 4.69) is 26.7 Å². The van der Waals surface area contributed by atoms with E-state index in [-0.39, 0.29) is 30.1 Å². The number of aromatic nitrogens is 1. The van der Waals surface area contributed by atoms with Crippen molar-refractivity contribution < 1.29 is 4.74 Å². The molecular formula is C18H25ClIN5OS. The minimum atomic E-state index is -0.0509. The molecule has 1 aromatic carbocycles. The molecular weight excluding hydrogens is 497 g/mol. The molecule has 0 amide bonds. The number of aliphatic imine (C=N–C) groups is 1.